The molecule has 8 nitrogen and oxygen atoms in total. The minimum Gasteiger partial charge on any atom is -0.493 e. The first-order valence-corrected chi connectivity index (χ1v) is 12.1. The highest BCUT2D eigenvalue weighted by Crippen LogP contribution is 2.40. The van der Waals surface area contributed by atoms with Crippen molar-refractivity contribution in [3.8, 4) is 11.5 Å². The van der Waals surface area contributed by atoms with Gasteiger partial charge in [0, 0.05) is 18.2 Å². The summed E-state index contributed by atoms with van der Waals surface area (Å²) in [6.45, 7) is -0.346. The van der Waals surface area contributed by atoms with Crippen molar-refractivity contribution in [1.82, 2.24) is 0 Å². The zero-order valence-electron chi connectivity index (χ0n) is 18.7. The van der Waals surface area contributed by atoms with E-state index in [0.29, 0.717) is 22.7 Å². The molecule has 0 saturated carbocycles. The number of benzene rings is 3. The predicted octanol–water partition coefficient (Wildman–Crippen LogP) is 3.59. The Bertz CT molecular complexity index is 1320. The number of carbonyl (C=O) groups is 2. The van der Waals surface area contributed by atoms with Crippen LogP contribution >= 0.6 is 0 Å². The molecule has 3 aromatic rings. The van der Waals surface area contributed by atoms with E-state index in [2.05, 4.69) is 5.32 Å². The van der Waals surface area contributed by atoms with E-state index in [-0.39, 0.29) is 23.5 Å². The highest BCUT2D eigenvalue weighted by molar-refractivity contribution is 7.92. The van der Waals surface area contributed by atoms with Gasteiger partial charge >= 0.3 is 0 Å². The fourth-order valence-corrected chi connectivity index (χ4v) is 5.90. The lowest BCUT2D eigenvalue weighted by Gasteiger charge is -2.22. The third-order valence-corrected chi connectivity index (χ3v) is 7.78. The molecule has 176 valence electrons. The van der Waals surface area contributed by atoms with E-state index in [4.69, 9.17) is 9.47 Å². The van der Waals surface area contributed by atoms with Gasteiger partial charge in [0.15, 0.2) is 21.3 Å². The molecule has 0 aromatic heterocycles. The van der Waals surface area contributed by atoms with Crippen LogP contribution in [0.1, 0.15) is 17.2 Å². The Hall–Kier alpha value is -3.85. The number of methoxy groups -OCH3 is 2. The zero-order valence-corrected chi connectivity index (χ0v) is 19.5. The third kappa shape index (κ3) is 4.47. The lowest BCUT2D eigenvalue weighted by atomic mass is 10.1. The minimum absolute atomic E-state index is 0.0219. The Kier molecular flexibility index (Phi) is 6.56. The third-order valence-electron chi connectivity index (χ3n) is 5.64. The van der Waals surface area contributed by atoms with Gasteiger partial charge in [0.05, 0.1) is 30.1 Å². The number of nitrogens with zero attached hydrogens (tertiary/aromatic N) is 1. The maximum atomic E-state index is 13.5. The monoisotopic (exact) mass is 480 g/mol. The Labute approximate surface area is 198 Å². The van der Waals surface area contributed by atoms with E-state index in [0.717, 1.165) is 0 Å². The molecule has 9 heteroatoms. The molecule has 0 bridgehead atoms. The molecule has 0 aliphatic carbocycles. The van der Waals surface area contributed by atoms with Crippen LogP contribution in [0, 0.1) is 0 Å². The Morgan fingerprint density at radius 1 is 0.971 bits per heavy atom. The highest BCUT2D eigenvalue weighted by Gasteiger charge is 2.39. The Morgan fingerprint density at radius 3 is 2.35 bits per heavy atom. The van der Waals surface area contributed by atoms with Crippen LogP contribution in [-0.4, -0.2) is 41.0 Å². The van der Waals surface area contributed by atoms with Gasteiger partial charge in [0.1, 0.15) is 6.54 Å². The maximum Gasteiger partial charge on any atom is 0.244 e. The number of para-hydroxylation sites is 1. The molecule has 1 N–H and O–H groups in total. The van der Waals surface area contributed by atoms with Gasteiger partial charge in [0.2, 0.25) is 11.8 Å². The first-order valence-electron chi connectivity index (χ1n) is 10.5. The van der Waals surface area contributed by atoms with Gasteiger partial charge in [-0.2, -0.15) is 0 Å². The summed E-state index contributed by atoms with van der Waals surface area (Å²) >= 11 is 0. The molecule has 0 spiro atoms. The van der Waals surface area contributed by atoms with Crippen molar-refractivity contribution >= 4 is 33.0 Å². The molecule has 0 fully saturated rings. The number of hydrogen-bond acceptors (Lipinski definition) is 6. The number of sulfone groups is 1. The van der Waals surface area contributed by atoms with Crippen molar-refractivity contribution in [3.63, 3.8) is 0 Å². The molecule has 0 saturated heterocycles. The van der Waals surface area contributed by atoms with E-state index in [1.807, 2.05) is 0 Å². The molecule has 1 aliphatic rings. The van der Waals surface area contributed by atoms with Crippen LogP contribution in [0.25, 0.3) is 0 Å². The number of rotatable bonds is 6. The van der Waals surface area contributed by atoms with Crippen LogP contribution < -0.4 is 19.7 Å². The molecule has 3 aromatic carbocycles. The quantitative estimate of drug-likeness (QED) is 0.579. The fourth-order valence-electron chi connectivity index (χ4n) is 3.98. The van der Waals surface area contributed by atoms with Gasteiger partial charge in [0.25, 0.3) is 0 Å². The summed E-state index contributed by atoms with van der Waals surface area (Å²) in [5.41, 5.74) is 1.17. The van der Waals surface area contributed by atoms with Crippen molar-refractivity contribution in [2.45, 2.75) is 16.6 Å². The van der Waals surface area contributed by atoms with E-state index in [1.165, 1.54) is 25.2 Å². The number of ether oxygens (including phenoxy) is 2. The Balaban J connectivity index is 1.65. The molecule has 4 rings (SSSR count). The van der Waals surface area contributed by atoms with Gasteiger partial charge < -0.3 is 19.7 Å². The lowest BCUT2D eigenvalue weighted by molar-refractivity contribution is -0.121. The van der Waals surface area contributed by atoms with Gasteiger partial charge in [-0.05, 0) is 29.8 Å². The fraction of sp³-hybridized carbons (Fsp3) is 0.200. The van der Waals surface area contributed by atoms with Crippen LogP contribution in [-0.2, 0) is 19.4 Å². The topological polar surface area (TPSA) is 102 Å². The molecule has 2 amide bonds. The second-order valence-electron chi connectivity index (χ2n) is 7.71. The maximum absolute atomic E-state index is 13.5. The SMILES string of the molecule is COc1ccc(NC(=O)CN2C(=O)CC(c3ccccc3)S(=O)(=O)c3ccccc32)cc1OC. The molecular formula is C25H24N2O6S. The molecular weight excluding hydrogens is 456 g/mol. The Morgan fingerprint density at radius 2 is 1.65 bits per heavy atom. The number of fused-ring (bicyclic) bond motifs is 1. The van der Waals surface area contributed by atoms with Crippen molar-refractivity contribution in [1.29, 1.82) is 0 Å². The lowest BCUT2D eigenvalue weighted by Crippen LogP contribution is -2.38. The average molecular weight is 481 g/mol. The number of anilines is 2. The number of carbonyl (C=O) groups excluding carboxylic acids is 2. The highest BCUT2D eigenvalue weighted by atomic mass is 32.2. The van der Waals surface area contributed by atoms with Crippen LogP contribution in [0.3, 0.4) is 0 Å². The molecule has 1 heterocycles. The molecule has 1 unspecified atom stereocenters. The summed E-state index contributed by atoms with van der Waals surface area (Å²) in [6.07, 6.45) is -0.273. The first kappa shape index (κ1) is 23.3. The average Bonchev–Trinajstić information content (AvgIpc) is 2.93. The van der Waals surface area contributed by atoms with Crippen LogP contribution in [0.4, 0.5) is 11.4 Å². The standard InChI is InChI=1S/C25H24N2O6S/c1-32-20-13-12-18(14-21(20)33-2)26-24(28)16-27-19-10-6-7-11-22(19)34(30,31)23(15-25(27)29)17-8-4-3-5-9-17/h3-14,23H,15-16H2,1-2H3,(H,26,28). The van der Waals surface area contributed by atoms with Crippen molar-refractivity contribution in [3.05, 3.63) is 78.4 Å². The minimum atomic E-state index is -3.87. The van der Waals surface area contributed by atoms with Gasteiger partial charge in [-0.1, -0.05) is 42.5 Å². The smallest absolute Gasteiger partial charge is 0.244 e. The van der Waals surface area contributed by atoms with E-state index < -0.39 is 26.9 Å². The van der Waals surface area contributed by atoms with Crippen molar-refractivity contribution in [2.75, 3.05) is 31.0 Å². The van der Waals surface area contributed by atoms with E-state index >= 15 is 0 Å². The summed E-state index contributed by atoms with van der Waals surface area (Å²) < 4.78 is 37.5. The van der Waals surface area contributed by atoms with Gasteiger partial charge in [-0.15, -0.1) is 0 Å². The number of nitrogens with one attached hydrogen (secondary N) is 1. The second-order valence-corrected chi connectivity index (χ2v) is 9.81. The molecule has 1 atom stereocenters. The molecule has 34 heavy (non-hydrogen) atoms. The summed E-state index contributed by atoms with van der Waals surface area (Å²) in [6, 6.07) is 19.8. The van der Waals surface area contributed by atoms with E-state index in [1.54, 1.807) is 66.7 Å². The van der Waals surface area contributed by atoms with Gasteiger partial charge in [-0.3, -0.25) is 9.59 Å². The normalized spacial score (nSPS) is 16.8. The molecule has 0 radical (unpaired) electrons. The summed E-state index contributed by atoms with van der Waals surface area (Å²) in [7, 11) is -0.879. The van der Waals surface area contributed by atoms with Crippen LogP contribution in [0.2, 0.25) is 0 Å². The summed E-state index contributed by atoms with van der Waals surface area (Å²) in [5.74, 6) is 0.0124. The van der Waals surface area contributed by atoms with Crippen LogP contribution in [0.15, 0.2) is 77.7 Å². The van der Waals surface area contributed by atoms with Crippen molar-refractivity contribution < 1.29 is 27.5 Å². The van der Waals surface area contributed by atoms with Crippen molar-refractivity contribution in [2.24, 2.45) is 0 Å². The zero-order chi connectivity index (χ0) is 24.3. The summed E-state index contributed by atoms with van der Waals surface area (Å²) in [4.78, 5) is 27.4. The summed E-state index contributed by atoms with van der Waals surface area (Å²) in [5, 5.41) is 1.69. The second kappa shape index (κ2) is 9.56. The van der Waals surface area contributed by atoms with Crippen LogP contribution in [0.5, 0.6) is 11.5 Å². The number of hydrogen-bond donors (Lipinski definition) is 1. The first-order chi connectivity index (χ1) is 16.3. The number of amides is 2. The molecule has 1 aliphatic heterocycles. The van der Waals surface area contributed by atoms with E-state index in [9.17, 15) is 18.0 Å². The van der Waals surface area contributed by atoms with Gasteiger partial charge in [-0.25, -0.2) is 8.42 Å². The predicted molar refractivity (Wildman–Crippen MR) is 128 cm³/mol. The largest absolute Gasteiger partial charge is 0.493 e.